The Kier molecular flexibility index (Phi) is 10.2. The summed E-state index contributed by atoms with van der Waals surface area (Å²) in [6.07, 6.45) is 3.10. The van der Waals surface area contributed by atoms with Crippen molar-refractivity contribution in [3.63, 3.8) is 0 Å². The largest absolute Gasteiger partial charge is 0.492 e. The molecule has 0 amide bonds. The number of carbonyl (C=O) groups is 1. The summed E-state index contributed by atoms with van der Waals surface area (Å²) < 4.78 is 16.9. The zero-order valence-corrected chi connectivity index (χ0v) is 24.2. The molecule has 2 atom stereocenters. The highest BCUT2D eigenvalue weighted by Crippen LogP contribution is 2.37. The first-order chi connectivity index (χ1) is 18.9. The lowest BCUT2D eigenvalue weighted by molar-refractivity contribution is -0.156. The van der Waals surface area contributed by atoms with Gasteiger partial charge in [0.25, 0.3) is 0 Å². The fourth-order valence-electron chi connectivity index (χ4n) is 5.51. The molecule has 1 aliphatic rings. The zero-order valence-electron chi connectivity index (χ0n) is 24.2. The predicted molar refractivity (Wildman–Crippen MR) is 157 cm³/mol. The highest BCUT2D eigenvalue weighted by atomic mass is 16.6. The molecular formula is C34H43NO4. The van der Waals surface area contributed by atoms with Crippen molar-refractivity contribution in [2.24, 2.45) is 0 Å². The number of rotatable bonds is 12. The molecule has 4 rings (SSSR count). The second-order valence-electron chi connectivity index (χ2n) is 10.4. The van der Waals surface area contributed by atoms with E-state index in [1.54, 1.807) is 6.92 Å². The third kappa shape index (κ3) is 7.28. The van der Waals surface area contributed by atoms with E-state index in [4.69, 9.17) is 14.2 Å². The molecule has 39 heavy (non-hydrogen) atoms. The van der Waals surface area contributed by atoms with Crippen LogP contribution in [0, 0.1) is 6.92 Å². The molecule has 0 aromatic heterocycles. The molecule has 0 heterocycles. The minimum Gasteiger partial charge on any atom is -0.492 e. The molecule has 0 N–H and O–H groups in total. The van der Waals surface area contributed by atoms with Crippen molar-refractivity contribution >= 4 is 5.97 Å². The van der Waals surface area contributed by atoms with Gasteiger partial charge in [0.2, 0.25) is 0 Å². The van der Waals surface area contributed by atoms with Gasteiger partial charge in [-0.3, -0.25) is 4.90 Å². The van der Waals surface area contributed by atoms with E-state index < -0.39 is 6.10 Å². The highest BCUT2D eigenvalue weighted by Gasteiger charge is 2.27. The SMILES string of the molecule is CCOC(=O)C(Cc1ccc(OCCN(C)C2c3ccc(C)cc3CCc3cc(CC)ccc32)cc1)OCC. The van der Waals surface area contributed by atoms with Crippen molar-refractivity contribution in [3.8, 4) is 5.75 Å². The maximum absolute atomic E-state index is 12.2. The van der Waals surface area contributed by atoms with Crippen LogP contribution in [0.5, 0.6) is 5.75 Å². The van der Waals surface area contributed by atoms with Gasteiger partial charge >= 0.3 is 5.97 Å². The van der Waals surface area contributed by atoms with E-state index in [-0.39, 0.29) is 12.0 Å². The summed E-state index contributed by atoms with van der Waals surface area (Å²) in [4.78, 5) is 14.6. The smallest absolute Gasteiger partial charge is 0.335 e. The number of esters is 1. The van der Waals surface area contributed by atoms with E-state index in [1.807, 2.05) is 31.2 Å². The number of carbonyl (C=O) groups excluding carboxylic acids is 1. The minimum absolute atomic E-state index is 0.202. The normalized spacial score (nSPS) is 15.3. The molecule has 0 bridgehead atoms. The van der Waals surface area contributed by atoms with Crippen molar-refractivity contribution < 1.29 is 19.0 Å². The van der Waals surface area contributed by atoms with Crippen LogP contribution >= 0.6 is 0 Å². The number of aryl methyl sites for hydroxylation is 4. The summed E-state index contributed by atoms with van der Waals surface area (Å²) in [6.45, 7) is 10.3. The Morgan fingerprint density at radius 1 is 0.897 bits per heavy atom. The molecule has 3 aromatic carbocycles. The van der Waals surface area contributed by atoms with Crippen LogP contribution in [0.2, 0.25) is 0 Å². The van der Waals surface area contributed by atoms with Crippen molar-refractivity contribution in [2.75, 3.05) is 33.4 Å². The first kappa shape index (κ1) is 28.8. The Labute approximate surface area is 234 Å². The van der Waals surface area contributed by atoms with Gasteiger partial charge in [0.15, 0.2) is 6.10 Å². The average molecular weight is 530 g/mol. The summed E-state index contributed by atoms with van der Waals surface area (Å²) in [5.41, 5.74) is 9.46. The lowest BCUT2D eigenvalue weighted by Crippen LogP contribution is -2.30. The molecule has 5 nitrogen and oxygen atoms in total. The van der Waals surface area contributed by atoms with E-state index in [0.717, 1.165) is 37.1 Å². The maximum Gasteiger partial charge on any atom is 0.335 e. The Hall–Kier alpha value is -3.15. The van der Waals surface area contributed by atoms with Crippen LogP contribution in [-0.4, -0.2) is 50.4 Å². The summed E-state index contributed by atoms with van der Waals surface area (Å²) >= 11 is 0. The fraction of sp³-hybridized carbons (Fsp3) is 0.441. The lowest BCUT2D eigenvalue weighted by Gasteiger charge is -2.30. The molecule has 3 aromatic rings. The van der Waals surface area contributed by atoms with Gasteiger partial charge in [-0.1, -0.05) is 61.0 Å². The van der Waals surface area contributed by atoms with Gasteiger partial charge in [0.1, 0.15) is 12.4 Å². The summed E-state index contributed by atoms with van der Waals surface area (Å²) in [5.74, 6) is 0.506. The van der Waals surface area contributed by atoms with Crippen LogP contribution in [0.1, 0.15) is 65.8 Å². The van der Waals surface area contributed by atoms with Crippen molar-refractivity contribution in [2.45, 2.75) is 65.5 Å². The van der Waals surface area contributed by atoms with Gasteiger partial charge in [-0.15, -0.1) is 0 Å². The Morgan fingerprint density at radius 2 is 1.56 bits per heavy atom. The number of fused-ring (bicyclic) bond motifs is 2. The average Bonchev–Trinajstić information content (AvgIpc) is 3.09. The van der Waals surface area contributed by atoms with Gasteiger partial charge in [0, 0.05) is 19.6 Å². The van der Waals surface area contributed by atoms with Gasteiger partial charge in [-0.2, -0.15) is 0 Å². The summed E-state index contributed by atoms with van der Waals surface area (Å²) in [7, 11) is 2.20. The molecule has 0 fully saturated rings. The predicted octanol–water partition coefficient (Wildman–Crippen LogP) is 6.27. The van der Waals surface area contributed by atoms with Crippen molar-refractivity contribution in [1.29, 1.82) is 0 Å². The van der Waals surface area contributed by atoms with Gasteiger partial charge < -0.3 is 14.2 Å². The van der Waals surface area contributed by atoms with Crippen LogP contribution < -0.4 is 4.74 Å². The summed E-state index contributed by atoms with van der Waals surface area (Å²) in [5, 5.41) is 0. The van der Waals surface area contributed by atoms with Crippen LogP contribution in [0.25, 0.3) is 0 Å². The molecule has 0 saturated heterocycles. The lowest BCUT2D eigenvalue weighted by atomic mass is 9.91. The van der Waals surface area contributed by atoms with E-state index in [0.29, 0.717) is 26.2 Å². The Morgan fingerprint density at radius 3 is 2.23 bits per heavy atom. The molecule has 0 radical (unpaired) electrons. The molecule has 5 heteroatoms. The quantitative estimate of drug-likeness (QED) is 0.259. The van der Waals surface area contributed by atoms with Crippen LogP contribution in [-0.2, 0) is 40.0 Å². The molecule has 2 unspecified atom stereocenters. The molecular weight excluding hydrogens is 486 g/mol. The topological polar surface area (TPSA) is 48.0 Å². The van der Waals surface area contributed by atoms with Gasteiger partial charge in [-0.05, 0) is 92.6 Å². The number of hydrogen-bond acceptors (Lipinski definition) is 5. The number of hydrogen-bond donors (Lipinski definition) is 0. The Bertz CT molecular complexity index is 1240. The highest BCUT2D eigenvalue weighted by molar-refractivity contribution is 5.75. The maximum atomic E-state index is 12.2. The molecule has 0 spiro atoms. The molecule has 1 aliphatic carbocycles. The fourth-order valence-corrected chi connectivity index (χ4v) is 5.51. The summed E-state index contributed by atoms with van der Waals surface area (Å²) in [6, 6.07) is 22.1. The van der Waals surface area contributed by atoms with E-state index in [9.17, 15) is 4.79 Å². The van der Waals surface area contributed by atoms with E-state index >= 15 is 0 Å². The second kappa shape index (κ2) is 13.8. The molecule has 0 saturated carbocycles. The Balaban J connectivity index is 1.43. The molecule has 208 valence electrons. The first-order valence-electron chi connectivity index (χ1n) is 14.3. The second-order valence-corrected chi connectivity index (χ2v) is 10.4. The third-order valence-electron chi connectivity index (χ3n) is 7.58. The molecule has 0 aliphatic heterocycles. The monoisotopic (exact) mass is 529 g/mol. The number of ether oxygens (including phenoxy) is 3. The number of benzene rings is 3. The van der Waals surface area contributed by atoms with E-state index in [1.165, 1.54) is 33.4 Å². The minimum atomic E-state index is -0.585. The van der Waals surface area contributed by atoms with E-state index in [2.05, 4.69) is 62.2 Å². The first-order valence-corrected chi connectivity index (χ1v) is 14.3. The standard InChI is InChI=1S/C34H43NO4/c1-6-25-12-18-31-28(22-25)14-13-27-21-24(4)9-17-30(27)33(31)35(5)19-20-39-29-15-10-26(11-16-29)23-32(37-7-2)34(36)38-8-3/h9-12,15-18,21-22,32-33H,6-8,13-14,19-20,23H2,1-5H3. The van der Waals surface area contributed by atoms with Crippen molar-refractivity contribution in [3.05, 3.63) is 99.6 Å². The van der Waals surface area contributed by atoms with Crippen LogP contribution in [0.15, 0.2) is 60.7 Å². The number of likely N-dealkylation sites (N-methyl/N-ethyl adjacent to an activating group) is 1. The van der Waals surface area contributed by atoms with Crippen molar-refractivity contribution in [1.82, 2.24) is 4.90 Å². The van der Waals surface area contributed by atoms with Gasteiger partial charge in [-0.25, -0.2) is 4.79 Å². The zero-order chi connectivity index (χ0) is 27.8. The van der Waals surface area contributed by atoms with Gasteiger partial charge in [0.05, 0.1) is 12.6 Å². The van der Waals surface area contributed by atoms with Crippen LogP contribution in [0.3, 0.4) is 0 Å². The number of nitrogens with zero attached hydrogens (tertiary/aromatic N) is 1. The third-order valence-corrected chi connectivity index (χ3v) is 7.58. The van der Waals surface area contributed by atoms with Crippen LogP contribution in [0.4, 0.5) is 0 Å².